The van der Waals surface area contributed by atoms with Crippen LogP contribution >= 0.6 is 0 Å². The van der Waals surface area contributed by atoms with E-state index in [4.69, 9.17) is 5.73 Å². The van der Waals surface area contributed by atoms with Gasteiger partial charge in [-0.05, 0) is 49.7 Å². The van der Waals surface area contributed by atoms with E-state index in [0.29, 0.717) is 18.4 Å². The van der Waals surface area contributed by atoms with Gasteiger partial charge in [0.1, 0.15) is 0 Å². The fraction of sp³-hybridized carbons (Fsp3) is 0.588. The highest BCUT2D eigenvalue weighted by Gasteiger charge is 2.58. The van der Waals surface area contributed by atoms with Crippen LogP contribution in [0.3, 0.4) is 0 Å². The summed E-state index contributed by atoms with van der Waals surface area (Å²) in [6.45, 7) is 4.56. The first-order chi connectivity index (χ1) is 9.47. The summed E-state index contributed by atoms with van der Waals surface area (Å²) in [6.07, 6.45) is 2.26. The van der Waals surface area contributed by atoms with Gasteiger partial charge in [-0.15, -0.1) is 0 Å². The summed E-state index contributed by atoms with van der Waals surface area (Å²) in [7, 11) is 1.89. The molecule has 3 unspecified atom stereocenters. The molecule has 108 valence electrons. The van der Waals surface area contributed by atoms with Crippen LogP contribution in [0.15, 0.2) is 24.3 Å². The van der Waals surface area contributed by atoms with E-state index in [1.54, 1.807) is 0 Å². The second-order valence-corrected chi connectivity index (χ2v) is 6.87. The minimum absolute atomic E-state index is 0.175. The number of carbonyl (C=O) groups excluding carboxylic acids is 1. The molecule has 3 heteroatoms. The van der Waals surface area contributed by atoms with Crippen molar-refractivity contribution in [3.05, 3.63) is 35.4 Å². The first-order valence-corrected chi connectivity index (χ1v) is 7.53. The Morgan fingerprint density at radius 2 is 2.10 bits per heavy atom. The Labute approximate surface area is 121 Å². The van der Waals surface area contributed by atoms with Gasteiger partial charge in [-0.25, -0.2) is 0 Å². The largest absolute Gasteiger partial charge is 0.339 e. The monoisotopic (exact) mass is 272 g/mol. The maximum absolute atomic E-state index is 12.8. The van der Waals surface area contributed by atoms with E-state index in [9.17, 15) is 4.79 Å². The molecule has 0 spiro atoms. The first-order valence-electron chi connectivity index (χ1n) is 7.53. The van der Waals surface area contributed by atoms with Gasteiger partial charge in [-0.3, -0.25) is 4.79 Å². The molecule has 1 saturated carbocycles. The lowest BCUT2D eigenvalue weighted by Gasteiger charge is -2.35. The van der Waals surface area contributed by atoms with Crippen molar-refractivity contribution >= 4 is 5.91 Å². The minimum Gasteiger partial charge on any atom is -0.339 e. The lowest BCUT2D eigenvalue weighted by molar-refractivity contribution is -0.136. The molecule has 0 heterocycles. The Balaban J connectivity index is 1.81. The maximum atomic E-state index is 12.8. The van der Waals surface area contributed by atoms with Crippen molar-refractivity contribution in [1.29, 1.82) is 0 Å². The molecule has 0 aromatic heterocycles. The fourth-order valence-electron chi connectivity index (χ4n) is 3.56. The van der Waals surface area contributed by atoms with Crippen LogP contribution in [0.4, 0.5) is 0 Å². The molecular weight excluding hydrogens is 248 g/mol. The summed E-state index contributed by atoms with van der Waals surface area (Å²) in [5.74, 6) is 1.44. The summed E-state index contributed by atoms with van der Waals surface area (Å²) in [4.78, 5) is 14.6. The number of hydrogen-bond donors (Lipinski definition) is 1. The molecule has 0 saturated heterocycles. The number of nitrogens with two attached hydrogens (primary N) is 1. The predicted octanol–water partition coefficient (Wildman–Crippen LogP) is 2.16. The number of aryl methyl sites for hydroxylation is 1. The van der Waals surface area contributed by atoms with Crippen molar-refractivity contribution in [3.63, 3.8) is 0 Å². The van der Waals surface area contributed by atoms with Crippen LogP contribution < -0.4 is 5.73 Å². The Kier molecular flexibility index (Phi) is 3.13. The van der Waals surface area contributed by atoms with E-state index in [1.165, 1.54) is 11.1 Å². The summed E-state index contributed by atoms with van der Waals surface area (Å²) in [5.41, 5.74) is 8.37. The number of carbonyl (C=O) groups is 1. The molecule has 2 aliphatic carbocycles. The van der Waals surface area contributed by atoms with Gasteiger partial charge in [-0.2, -0.15) is 0 Å². The van der Waals surface area contributed by atoms with Crippen LogP contribution in [-0.4, -0.2) is 29.9 Å². The Hall–Kier alpha value is -1.35. The Bertz CT molecular complexity index is 538. The quantitative estimate of drug-likeness (QED) is 0.916. The van der Waals surface area contributed by atoms with Gasteiger partial charge in [0.05, 0.1) is 0 Å². The standard InChI is InChI=1S/C17H24N2O/c1-17(2,10-18)19(3)16(20)15-13-9-8-11-6-4-5-7-12(11)14(13)15/h4-7,13-15H,8-10,18H2,1-3H3. The lowest BCUT2D eigenvalue weighted by Crippen LogP contribution is -2.50. The van der Waals surface area contributed by atoms with Crippen LogP contribution in [-0.2, 0) is 11.2 Å². The third kappa shape index (κ3) is 1.96. The van der Waals surface area contributed by atoms with Gasteiger partial charge in [0, 0.05) is 25.0 Å². The second-order valence-electron chi connectivity index (χ2n) is 6.87. The van der Waals surface area contributed by atoms with Crippen LogP contribution in [0.25, 0.3) is 0 Å². The average molecular weight is 272 g/mol. The number of hydrogen-bond acceptors (Lipinski definition) is 2. The number of fused-ring (bicyclic) bond motifs is 3. The van der Waals surface area contributed by atoms with Gasteiger partial charge < -0.3 is 10.6 Å². The first kappa shape index (κ1) is 13.6. The van der Waals surface area contributed by atoms with E-state index in [2.05, 4.69) is 24.3 Å². The SMILES string of the molecule is CN(C(=O)C1C2CCc3ccccc3C21)C(C)(C)CN. The van der Waals surface area contributed by atoms with Crippen LogP contribution in [0.2, 0.25) is 0 Å². The Morgan fingerprint density at radius 3 is 2.80 bits per heavy atom. The molecule has 1 aromatic rings. The van der Waals surface area contributed by atoms with Crippen molar-refractivity contribution in [2.75, 3.05) is 13.6 Å². The van der Waals surface area contributed by atoms with E-state index in [1.807, 2.05) is 25.8 Å². The van der Waals surface area contributed by atoms with Gasteiger partial charge in [0.25, 0.3) is 0 Å². The normalized spacial score (nSPS) is 27.5. The average Bonchev–Trinajstić information content (AvgIpc) is 3.20. The highest BCUT2D eigenvalue weighted by atomic mass is 16.2. The molecule has 2 aliphatic rings. The summed E-state index contributed by atoms with van der Waals surface area (Å²) >= 11 is 0. The second kappa shape index (κ2) is 4.59. The topological polar surface area (TPSA) is 46.3 Å². The van der Waals surface area contributed by atoms with Crippen LogP contribution in [0.1, 0.15) is 37.3 Å². The van der Waals surface area contributed by atoms with Gasteiger partial charge in [0.2, 0.25) is 5.91 Å². The van der Waals surface area contributed by atoms with Crippen molar-refractivity contribution in [2.45, 2.75) is 38.1 Å². The smallest absolute Gasteiger partial charge is 0.226 e. The van der Waals surface area contributed by atoms with Crippen LogP contribution in [0, 0.1) is 11.8 Å². The fourth-order valence-corrected chi connectivity index (χ4v) is 3.56. The molecule has 20 heavy (non-hydrogen) atoms. The third-order valence-electron chi connectivity index (χ3n) is 5.35. The molecule has 3 atom stereocenters. The zero-order valence-electron chi connectivity index (χ0n) is 12.6. The van der Waals surface area contributed by atoms with Crippen molar-refractivity contribution in [2.24, 2.45) is 17.6 Å². The molecule has 3 nitrogen and oxygen atoms in total. The van der Waals surface area contributed by atoms with Gasteiger partial charge in [0.15, 0.2) is 0 Å². The molecular formula is C17H24N2O. The lowest BCUT2D eigenvalue weighted by atomic mass is 9.92. The molecule has 3 rings (SSSR count). The van der Waals surface area contributed by atoms with E-state index >= 15 is 0 Å². The number of likely N-dealkylation sites (N-methyl/N-ethyl adjacent to an activating group) is 1. The number of rotatable bonds is 3. The third-order valence-corrected chi connectivity index (χ3v) is 5.35. The zero-order valence-corrected chi connectivity index (χ0v) is 12.6. The van der Waals surface area contributed by atoms with E-state index in [-0.39, 0.29) is 17.4 Å². The highest BCUT2D eigenvalue weighted by Crippen LogP contribution is 2.60. The summed E-state index contributed by atoms with van der Waals surface area (Å²) in [5, 5.41) is 0. The Morgan fingerprint density at radius 1 is 1.40 bits per heavy atom. The molecule has 0 bridgehead atoms. The molecule has 2 N–H and O–H groups in total. The zero-order chi connectivity index (χ0) is 14.5. The predicted molar refractivity (Wildman–Crippen MR) is 80.4 cm³/mol. The molecule has 0 aliphatic heterocycles. The summed E-state index contributed by atoms with van der Waals surface area (Å²) in [6, 6.07) is 8.60. The maximum Gasteiger partial charge on any atom is 0.226 e. The highest BCUT2D eigenvalue weighted by molar-refractivity contribution is 5.84. The van der Waals surface area contributed by atoms with Crippen molar-refractivity contribution < 1.29 is 4.79 Å². The summed E-state index contributed by atoms with van der Waals surface area (Å²) < 4.78 is 0. The van der Waals surface area contributed by atoms with Gasteiger partial charge in [-0.1, -0.05) is 24.3 Å². The number of nitrogens with zero attached hydrogens (tertiary/aromatic N) is 1. The molecule has 1 aromatic carbocycles. The van der Waals surface area contributed by atoms with Crippen molar-refractivity contribution in [1.82, 2.24) is 4.90 Å². The number of benzene rings is 1. The molecule has 1 amide bonds. The van der Waals surface area contributed by atoms with Crippen molar-refractivity contribution in [3.8, 4) is 0 Å². The van der Waals surface area contributed by atoms with Crippen LogP contribution in [0.5, 0.6) is 0 Å². The molecule has 1 fully saturated rings. The number of amides is 1. The van der Waals surface area contributed by atoms with E-state index < -0.39 is 0 Å². The minimum atomic E-state index is -0.262. The molecule has 0 radical (unpaired) electrons. The van der Waals surface area contributed by atoms with E-state index in [0.717, 1.165) is 12.8 Å². The van der Waals surface area contributed by atoms with Gasteiger partial charge >= 0.3 is 0 Å².